The Balaban J connectivity index is 1.68. The molecule has 0 spiro atoms. The third kappa shape index (κ3) is 3.94. The van der Waals surface area contributed by atoms with Crippen molar-refractivity contribution >= 4 is 40.7 Å². The Morgan fingerprint density at radius 2 is 2.04 bits per heavy atom. The molecule has 7 heteroatoms. The average molecular weight is 384 g/mol. The molecule has 0 saturated carbocycles. The highest BCUT2D eigenvalue weighted by Crippen LogP contribution is 2.32. The molecule has 1 aromatic rings. The van der Waals surface area contributed by atoms with Crippen molar-refractivity contribution < 1.29 is 9.59 Å². The molecule has 2 aliphatic rings. The lowest BCUT2D eigenvalue weighted by atomic mass is 9.96. The van der Waals surface area contributed by atoms with E-state index in [0.29, 0.717) is 34.6 Å². The zero-order valence-electron chi connectivity index (χ0n) is 14.3. The molecule has 0 radical (unpaired) electrons. The molecule has 2 saturated heterocycles. The molecule has 1 N–H and O–H groups in total. The van der Waals surface area contributed by atoms with Gasteiger partial charge in [0.15, 0.2) is 0 Å². The minimum Gasteiger partial charge on any atom is -0.342 e. The van der Waals surface area contributed by atoms with Crippen LogP contribution in [0.5, 0.6) is 0 Å². The Hall–Kier alpha value is -1.30. The molecule has 0 aromatic heterocycles. The average Bonchev–Trinajstić information content (AvgIpc) is 2.99. The second-order valence-corrected chi connectivity index (χ2v) is 7.59. The molecule has 136 valence electrons. The lowest BCUT2D eigenvalue weighted by molar-refractivity contribution is -0.141. The number of piperidine rings is 1. The first-order valence-electron chi connectivity index (χ1n) is 8.71. The zero-order valence-corrected chi connectivity index (χ0v) is 15.8. The Morgan fingerprint density at radius 3 is 2.76 bits per heavy atom. The van der Waals surface area contributed by atoms with Crippen LogP contribution in [0.15, 0.2) is 18.2 Å². The van der Waals surface area contributed by atoms with E-state index in [2.05, 4.69) is 5.32 Å². The topological polar surface area (TPSA) is 52.7 Å². The lowest BCUT2D eigenvalue weighted by Gasteiger charge is -2.34. The summed E-state index contributed by atoms with van der Waals surface area (Å²) < 4.78 is 0. The zero-order chi connectivity index (χ0) is 18.0. The Morgan fingerprint density at radius 1 is 1.24 bits per heavy atom. The maximum atomic E-state index is 12.9. The normalized spacial score (nSPS) is 24.0. The van der Waals surface area contributed by atoms with Crippen LogP contribution in [0.4, 0.5) is 5.69 Å². The van der Waals surface area contributed by atoms with Crippen molar-refractivity contribution in [3.63, 3.8) is 0 Å². The van der Waals surface area contributed by atoms with E-state index in [9.17, 15) is 9.59 Å². The first-order chi connectivity index (χ1) is 12.0. The third-order valence-corrected chi connectivity index (χ3v) is 5.78. The number of anilines is 1. The van der Waals surface area contributed by atoms with E-state index in [4.69, 9.17) is 23.2 Å². The van der Waals surface area contributed by atoms with E-state index in [0.717, 1.165) is 32.5 Å². The van der Waals surface area contributed by atoms with Crippen molar-refractivity contribution in [1.29, 1.82) is 0 Å². The van der Waals surface area contributed by atoms with Gasteiger partial charge in [-0.15, -0.1) is 0 Å². The van der Waals surface area contributed by atoms with Crippen molar-refractivity contribution in [2.45, 2.75) is 19.3 Å². The van der Waals surface area contributed by atoms with Crippen molar-refractivity contribution in [3.8, 4) is 0 Å². The Kier molecular flexibility index (Phi) is 5.87. The molecule has 2 unspecified atom stereocenters. The van der Waals surface area contributed by atoms with Crippen LogP contribution in [0.2, 0.25) is 10.0 Å². The lowest BCUT2D eigenvalue weighted by Crippen LogP contribution is -2.46. The van der Waals surface area contributed by atoms with Gasteiger partial charge in [-0.2, -0.15) is 0 Å². The molecule has 5 nitrogen and oxygen atoms in total. The fourth-order valence-electron chi connectivity index (χ4n) is 3.76. The summed E-state index contributed by atoms with van der Waals surface area (Å²) in [6.07, 6.45) is 2.67. The van der Waals surface area contributed by atoms with Gasteiger partial charge in [0.25, 0.3) is 0 Å². The number of hydrogen-bond acceptors (Lipinski definition) is 3. The number of amides is 2. The van der Waals surface area contributed by atoms with Crippen molar-refractivity contribution in [3.05, 3.63) is 28.2 Å². The molecule has 2 fully saturated rings. The highest BCUT2D eigenvalue weighted by Gasteiger charge is 2.40. The molecule has 25 heavy (non-hydrogen) atoms. The van der Waals surface area contributed by atoms with E-state index in [-0.39, 0.29) is 11.8 Å². The fraction of sp³-hybridized carbons (Fsp3) is 0.556. The van der Waals surface area contributed by atoms with Gasteiger partial charge in [-0.3, -0.25) is 9.59 Å². The van der Waals surface area contributed by atoms with Gasteiger partial charge < -0.3 is 15.1 Å². The predicted molar refractivity (Wildman–Crippen MR) is 100 cm³/mol. The second-order valence-electron chi connectivity index (χ2n) is 6.78. The first kappa shape index (κ1) is 18.5. The third-order valence-electron chi connectivity index (χ3n) is 5.04. The number of rotatable bonds is 4. The van der Waals surface area contributed by atoms with Crippen LogP contribution in [0.25, 0.3) is 0 Å². The van der Waals surface area contributed by atoms with Crippen LogP contribution in [0.3, 0.4) is 0 Å². The van der Waals surface area contributed by atoms with Gasteiger partial charge >= 0.3 is 0 Å². The highest BCUT2D eigenvalue weighted by atomic mass is 35.5. The summed E-state index contributed by atoms with van der Waals surface area (Å²) in [5.41, 5.74) is 0.696. The standard InChI is InChI=1S/C18H23Cl2N3O2/c1-21-10-12-3-2-7-22(11-12)17(24)14-6-8-23(18(14)25)13-4-5-15(19)16(20)9-13/h4-5,9,12,14,21H,2-3,6-8,10-11H2,1H3. The van der Waals surface area contributed by atoms with Crippen LogP contribution in [-0.4, -0.2) is 49.9 Å². The molecule has 0 aliphatic carbocycles. The number of benzene rings is 1. The SMILES string of the molecule is CNCC1CCCN(C(=O)C2CCN(c3ccc(Cl)c(Cl)c3)C2=O)C1. The summed E-state index contributed by atoms with van der Waals surface area (Å²) in [5, 5.41) is 4.04. The quantitative estimate of drug-likeness (QED) is 0.813. The monoisotopic (exact) mass is 383 g/mol. The van der Waals surface area contributed by atoms with Gasteiger partial charge in [0.2, 0.25) is 11.8 Å². The molecule has 1 aromatic carbocycles. The highest BCUT2D eigenvalue weighted by molar-refractivity contribution is 6.42. The van der Waals surface area contributed by atoms with Crippen LogP contribution in [-0.2, 0) is 9.59 Å². The number of nitrogens with zero attached hydrogens (tertiary/aromatic N) is 2. The first-order valence-corrected chi connectivity index (χ1v) is 9.46. The van der Waals surface area contributed by atoms with E-state index in [1.807, 2.05) is 11.9 Å². The number of halogens is 2. The van der Waals surface area contributed by atoms with Crippen LogP contribution in [0, 0.1) is 11.8 Å². The van der Waals surface area contributed by atoms with Gasteiger partial charge in [-0.25, -0.2) is 0 Å². The molecule has 2 aliphatic heterocycles. The molecule has 0 bridgehead atoms. The van der Waals surface area contributed by atoms with Crippen LogP contribution >= 0.6 is 23.2 Å². The van der Waals surface area contributed by atoms with E-state index in [1.54, 1.807) is 23.1 Å². The van der Waals surface area contributed by atoms with Gasteiger partial charge in [0.05, 0.1) is 10.0 Å². The minimum absolute atomic E-state index is 0.0339. The number of nitrogens with one attached hydrogen (secondary N) is 1. The summed E-state index contributed by atoms with van der Waals surface area (Å²) in [4.78, 5) is 29.2. The molecular formula is C18H23Cl2N3O2. The van der Waals surface area contributed by atoms with E-state index >= 15 is 0 Å². The summed E-state index contributed by atoms with van der Waals surface area (Å²) in [7, 11) is 1.93. The van der Waals surface area contributed by atoms with Crippen LogP contribution in [0.1, 0.15) is 19.3 Å². The van der Waals surface area contributed by atoms with Crippen LogP contribution < -0.4 is 10.2 Å². The summed E-state index contributed by atoms with van der Waals surface area (Å²) in [6.45, 7) is 2.91. The minimum atomic E-state index is -0.581. The molecule has 2 heterocycles. The summed E-state index contributed by atoms with van der Waals surface area (Å²) in [6, 6.07) is 5.12. The molecule has 2 atom stereocenters. The smallest absolute Gasteiger partial charge is 0.239 e. The number of likely N-dealkylation sites (tertiary alicyclic amines) is 1. The maximum absolute atomic E-state index is 12.9. The summed E-state index contributed by atoms with van der Waals surface area (Å²) in [5.74, 6) is -0.291. The van der Waals surface area contributed by atoms with Gasteiger partial charge in [0, 0.05) is 25.3 Å². The number of hydrogen-bond donors (Lipinski definition) is 1. The van der Waals surface area contributed by atoms with Gasteiger partial charge in [-0.1, -0.05) is 23.2 Å². The van der Waals surface area contributed by atoms with E-state index < -0.39 is 5.92 Å². The molecule has 2 amide bonds. The van der Waals surface area contributed by atoms with E-state index in [1.165, 1.54) is 0 Å². The number of carbonyl (C=O) groups excluding carboxylic acids is 2. The van der Waals surface area contributed by atoms with Crippen molar-refractivity contribution in [2.75, 3.05) is 38.1 Å². The Labute approximate surface area is 158 Å². The van der Waals surface area contributed by atoms with Crippen molar-refractivity contribution in [1.82, 2.24) is 10.2 Å². The fourth-order valence-corrected chi connectivity index (χ4v) is 4.05. The van der Waals surface area contributed by atoms with Gasteiger partial charge in [0.1, 0.15) is 5.92 Å². The number of carbonyl (C=O) groups is 2. The largest absolute Gasteiger partial charge is 0.342 e. The second kappa shape index (κ2) is 7.94. The maximum Gasteiger partial charge on any atom is 0.239 e. The predicted octanol–water partition coefficient (Wildman–Crippen LogP) is 2.80. The van der Waals surface area contributed by atoms with Crippen molar-refractivity contribution in [2.24, 2.45) is 11.8 Å². The summed E-state index contributed by atoms with van der Waals surface area (Å²) >= 11 is 12.0. The molecular weight excluding hydrogens is 361 g/mol. The van der Waals surface area contributed by atoms with Gasteiger partial charge in [-0.05, 0) is 57.0 Å². The molecule has 3 rings (SSSR count). The Bertz CT molecular complexity index is 666.